The number of hydrogen-bond acceptors (Lipinski definition) is 6. The summed E-state index contributed by atoms with van der Waals surface area (Å²) in [5.41, 5.74) is 4.74. The Labute approximate surface area is 196 Å². The number of alkyl halides is 3. The van der Waals surface area contributed by atoms with Crippen LogP contribution in [-0.4, -0.2) is 49.6 Å². The molecule has 1 amide bonds. The standard InChI is InChI=1S/C22H31F3N4O4S/c1-13-5-16(19(33-13)22(23,24)25)34(31,32)28-21-9-14-6-15(10-21)8-20(7-14,12-21)27-11-18(30)29-4-2-3-17(29)26/h5,14-15,17,27-28H,2-4,6-12,26H2,1H3/t14?,15?,17-,20?,21?/m0/s1. The molecule has 5 fully saturated rings. The molecule has 3 atom stereocenters. The lowest BCUT2D eigenvalue weighted by atomic mass is 9.50. The van der Waals surface area contributed by atoms with Crippen molar-refractivity contribution in [1.29, 1.82) is 0 Å². The maximum absolute atomic E-state index is 13.4. The highest BCUT2D eigenvalue weighted by Crippen LogP contribution is 2.58. The quantitative estimate of drug-likeness (QED) is 0.548. The van der Waals surface area contributed by atoms with Crippen molar-refractivity contribution in [3.63, 3.8) is 0 Å². The summed E-state index contributed by atoms with van der Waals surface area (Å²) in [5, 5.41) is 3.43. The molecule has 12 heteroatoms. The number of aryl methyl sites for hydroxylation is 1. The number of nitrogens with two attached hydrogens (primary N) is 1. The van der Waals surface area contributed by atoms with Crippen molar-refractivity contribution in [3.05, 3.63) is 17.6 Å². The van der Waals surface area contributed by atoms with E-state index in [-0.39, 0.29) is 36.2 Å². The number of amides is 1. The van der Waals surface area contributed by atoms with Gasteiger partial charge in [0.25, 0.3) is 0 Å². The molecule has 1 saturated heterocycles. The van der Waals surface area contributed by atoms with Crippen LogP contribution in [0, 0.1) is 18.8 Å². The summed E-state index contributed by atoms with van der Waals surface area (Å²) < 4.78 is 74.1. The van der Waals surface area contributed by atoms with Gasteiger partial charge in [0, 0.05) is 23.7 Å². The van der Waals surface area contributed by atoms with Gasteiger partial charge in [-0.1, -0.05) is 0 Å². The van der Waals surface area contributed by atoms with E-state index in [4.69, 9.17) is 10.2 Å². The molecule has 4 saturated carbocycles. The van der Waals surface area contributed by atoms with Crippen molar-refractivity contribution in [2.45, 2.75) is 86.6 Å². The Kier molecular flexibility index (Phi) is 5.62. The maximum atomic E-state index is 13.4. The van der Waals surface area contributed by atoms with Crippen LogP contribution in [0.25, 0.3) is 0 Å². The summed E-state index contributed by atoms with van der Waals surface area (Å²) in [7, 11) is -4.48. The third-order valence-corrected chi connectivity index (χ3v) is 9.60. The molecule has 34 heavy (non-hydrogen) atoms. The number of sulfonamides is 1. The van der Waals surface area contributed by atoms with Gasteiger partial charge < -0.3 is 20.4 Å². The van der Waals surface area contributed by atoms with E-state index in [2.05, 4.69) is 10.0 Å². The molecule has 8 nitrogen and oxygen atoms in total. The first-order valence-corrected chi connectivity index (χ1v) is 13.3. The third kappa shape index (κ3) is 4.27. The molecule has 4 aliphatic carbocycles. The number of carbonyl (C=O) groups is 1. The molecule has 2 unspecified atom stereocenters. The van der Waals surface area contributed by atoms with Gasteiger partial charge in [-0.25, -0.2) is 13.1 Å². The first-order valence-electron chi connectivity index (χ1n) is 11.8. The molecule has 6 rings (SSSR count). The molecule has 1 aliphatic heterocycles. The van der Waals surface area contributed by atoms with Crippen LogP contribution in [0.1, 0.15) is 62.9 Å². The summed E-state index contributed by atoms with van der Waals surface area (Å²) in [6, 6.07) is 0.928. The maximum Gasteiger partial charge on any atom is 0.450 e. The fourth-order valence-electron chi connectivity index (χ4n) is 7.28. The third-order valence-electron chi connectivity index (χ3n) is 8.01. The topological polar surface area (TPSA) is 118 Å². The lowest BCUT2D eigenvalue weighted by molar-refractivity contribution is -0.156. The lowest BCUT2D eigenvalue weighted by Crippen LogP contribution is -2.69. The summed E-state index contributed by atoms with van der Waals surface area (Å²) in [6.45, 7) is 2.05. The molecule has 1 aromatic heterocycles. The van der Waals surface area contributed by atoms with Gasteiger partial charge in [0.2, 0.25) is 21.7 Å². The monoisotopic (exact) mass is 504 g/mol. The summed E-state index contributed by atoms with van der Waals surface area (Å²) in [5.74, 6) is -1.20. The van der Waals surface area contributed by atoms with Crippen LogP contribution in [0.3, 0.4) is 0 Å². The predicted molar refractivity (Wildman–Crippen MR) is 116 cm³/mol. The average molecular weight is 505 g/mol. The van der Waals surface area contributed by atoms with E-state index >= 15 is 0 Å². The highest BCUT2D eigenvalue weighted by Gasteiger charge is 2.59. The molecule has 190 valence electrons. The second kappa shape index (κ2) is 7.94. The molecule has 5 aliphatic rings. The van der Waals surface area contributed by atoms with E-state index in [1.54, 1.807) is 4.90 Å². The lowest BCUT2D eigenvalue weighted by Gasteiger charge is -2.62. The van der Waals surface area contributed by atoms with Gasteiger partial charge >= 0.3 is 6.18 Å². The average Bonchev–Trinajstić information content (AvgIpc) is 3.30. The highest BCUT2D eigenvalue weighted by molar-refractivity contribution is 7.89. The van der Waals surface area contributed by atoms with Crippen LogP contribution in [0.5, 0.6) is 0 Å². The van der Waals surface area contributed by atoms with Crippen molar-refractivity contribution in [2.75, 3.05) is 13.1 Å². The normalized spacial score (nSPS) is 35.3. The number of hydrogen-bond donors (Lipinski definition) is 3. The Bertz CT molecular complexity index is 1070. The zero-order valence-corrected chi connectivity index (χ0v) is 19.9. The van der Waals surface area contributed by atoms with E-state index in [9.17, 15) is 26.4 Å². The predicted octanol–water partition coefficient (Wildman–Crippen LogP) is 2.47. The molecule has 2 heterocycles. The number of nitrogens with one attached hydrogen (secondary N) is 2. The van der Waals surface area contributed by atoms with Crippen LogP contribution >= 0.6 is 0 Å². The first kappa shape index (κ1) is 24.1. The molecule has 0 aromatic carbocycles. The van der Waals surface area contributed by atoms with E-state index in [0.29, 0.717) is 25.8 Å². The highest BCUT2D eigenvalue weighted by atomic mass is 32.2. The van der Waals surface area contributed by atoms with Gasteiger partial charge in [0.1, 0.15) is 10.7 Å². The van der Waals surface area contributed by atoms with E-state index < -0.39 is 37.9 Å². The van der Waals surface area contributed by atoms with Gasteiger partial charge in [0.05, 0.1) is 12.7 Å². The molecule has 4 bridgehead atoms. The number of halogens is 3. The number of nitrogens with zero attached hydrogens (tertiary/aromatic N) is 1. The second-order valence-electron chi connectivity index (χ2n) is 10.8. The second-order valence-corrected chi connectivity index (χ2v) is 12.5. The van der Waals surface area contributed by atoms with Crippen LogP contribution in [0.15, 0.2) is 15.4 Å². The number of furan rings is 1. The van der Waals surface area contributed by atoms with Crippen LogP contribution in [0.2, 0.25) is 0 Å². The number of carbonyl (C=O) groups excluding carboxylic acids is 1. The van der Waals surface area contributed by atoms with Gasteiger partial charge in [-0.2, -0.15) is 13.2 Å². The Balaban J connectivity index is 1.37. The Morgan fingerprint density at radius 3 is 2.47 bits per heavy atom. The molecule has 1 aromatic rings. The molecule has 0 radical (unpaired) electrons. The smallest absolute Gasteiger partial charge is 0.450 e. The number of rotatable bonds is 6. The summed E-state index contributed by atoms with van der Waals surface area (Å²) in [4.78, 5) is 13.5. The minimum Gasteiger partial charge on any atom is -0.455 e. The van der Waals surface area contributed by atoms with Crippen LogP contribution in [0.4, 0.5) is 13.2 Å². The van der Waals surface area contributed by atoms with Crippen molar-refractivity contribution >= 4 is 15.9 Å². The van der Waals surface area contributed by atoms with Gasteiger partial charge in [0.15, 0.2) is 0 Å². The molecule has 4 N–H and O–H groups in total. The molecular formula is C22H31F3N4O4S. The van der Waals surface area contributed by atoms with Gasteiger partial charge in [-0.15, -0.1) is 0 Å². The summed E-state index contributed by atoms with van der Waals surface area (Å²) >= 11 is 0. The van der Waals surface area contributed by atoms with Crippen molar-refractivity contribution in [3.8, 4) is 0 Å². The van der Waals surface area contributed by atoms with Crippen LogP contribution in [-0.2, 0) is 21.0 Å². The Morgan fingerprint density at radius 2 is 1.88 bits per heavy atom. The zero-order chi connectivity index (χ0) is 24.5. The fraction of sp³-hybridized carbons (Fsp3) is 0.773. The van der Waals surface area contributed by atoms with E-state index in [0.717, 1.165) is 38.2 Å². The molecular weight excluding hydrogens is 473 g/mol. The minimum atomic E-state index is -4.92. The Hall–Kier alpha value is -1.63. The molecule has 0 spiro atoms. The minimum absolute atomic E-state index is 0.0703. The number of likely N-dealkylation sites (tertiary alicyclic amines) is 1. The van der Waals surface area contributed by atoms with Crippen molar-refractivity contribution < 1.29 is 30.8 Å². The zero-order valence-electron chi connectivity index (χ0n) is 19.1. The van der Waals surface area contributed by atoms with Crippen molar-refractivity contribution in [2.24, 2.45) is 17.6 Å². The van der Waals surface area contributed by atoms with Gasteiger partial charge in [-0.05, 0) is 70.1 Å². The van der Waals surface area contributed by atoms with Gasteiger partial charge in [-0.3, -0.25) is 4.79 Å². The summed E-state index contributed by atoms with van der Waals surface area (Å²) in [6.07, 6.45) is 0.671. The van der Waals surface area contributed by atoms with E-state index in [1.807, 2.05) is 0 Å². The van der Waals surface area contributed by atoms with Crippen molar-refractivity contribution in [1.82, 2.24) is 14.9 Å². The van der Waals surface area contributed by atoms with Crippen LogP contribution < -0.4 is 15.8 Å². The Morgan fingerprint density at radius 1 is 1.24 bits per heavy atom. The van der Waals surface area contributed by atoms with E-state index in [1.165, 1.54) is 6.92 Å². The first-order chi connectivity index (χ1) is 15.8. The SMILES string of the molecule is Cc1cc(S(=O)(=O)NC23CC4CC(CC(NCC(=O)N5CCC[C@H]5N)(C4)C2)C3)c(C(F)(F)F)o1. The largest absolute Gasteiger partial charge is 0.455 e. The fourth-order valence-corrected chi connectivity index (χ4v) is 8.93.